The number of benzene rings is 2. The number of hydrogen-bond acceptors (Lipinski definition) is 4. The van der Waals surface area contributed by atoms with Crippen LogP contribution in [0.25, 0.3) is 6.08 Å². The quantitative estimate of drug-likeness (QED) is 0.459. The van der Waals surface area contributed by atoms with E-state index in [1.807, 2.05) is 6.07 Å². The first-order chi connectivity index (χ1) is 11.8. The summed E-state index contributed by atoms with van der Waals surface area (Å²) in [4.78, 5) is 12.3. The van der Waals surface area contributed by atoms with Crippen molar-refractivity contribution in [2.75, 3.05) is 12.8 Å². The van der Waals surface area contributed by atoms with Crippen molar-refractivity contribution >= 4 is 17.5 Å². The number of methoxy groups -OCH3 is 1. The predicted molar refractivity (Wildman–Crippen MR) is 102 cm³/mol. The molecule has 0 amide bonds. The van der Waals surface area contributed by atoms with Crippen molar-refractivity contribution in [3.63, 3.8) is 0 Å². The normalized spacial score (nSPS) is 11.7. The molecule has 0 heterocycles. The zero-order valence-electron chi connectivity index (χ0n) is 15.2. The van der Waals surface area contributed by atoms with E-state index in [0.29, 0.717) is 22.6 Å². The topological polar surface area (TPSA) is 72.5 Å². The number of carbonyl (C=O) groups is 1. The van der Waals surface area contributed by atoms with Crippen molar-refractivity contribution in [2.24, 2.45) is 0 Å². The number of nitrogens with two attached hydrogens (primary N) is 1. The largest absolute Gasteiger partial charge is 0.504 e. The number of carbonyl (C=O) groups excluding carboxylic acids is 1. The number of allylic oxidation sites excluding steroid dienone is 1. The van der Waals surface area contributed by atoms with Gasteiger partial charge < -0.3 is 15.6 Å². The summed E-state index contributed by atoms with van der Waals surface area (Å²) in [5.41, 5.74) is 8.38. The highest BCUT2D eigenvalue weighted by Gasteiger charge is 2.21. The Hall–Kier alpha value is -2.75. The molecule has 0 aliphatic heterocycles. The fraction of sp³-hybridized carbons (Fsp3) is 0.286. The van der Waals surface area contributed by atoms with Gasteiger partial charge in [0.05, 0.1) is 7.11 Å². The zero-order valence-corrected chi connectivity index (χ0v) is 15.2. The summed E-state index contributed by atoms with van der Waals surface area (Å²) in [6.07, 6.45) is 4.07. The molecule has 2 rings (SSSR count). The van der Waals surface area contributed by atoms with E-state index in [9.17, 15) is 9.90 Å². The van der Waals surface area contributed by atoms with Crippen molar-refractivity contribution in [1.29, 1.82) is 0 Å². The van der Waals surface area contributed by atoms with Gasteiger partial charge >= 0.3 is 0 Å². The van der Waals surface area contributed by atoms with Crippen LogP contribution in [0.1, 0.15) is 48.7 Å². The van der Waals surface area contributed by atoms with Crippen LogP contribution in [-0.2, 0) is 5.41 Å². The van der Waals surface area contributed by atoms with Crippen LogP contribution in [0.2, 0.25) is 0 Å². The number of aromatic hydroxyl groups is 1. The van der Waals surface area contributed by atoms with Gasteiger partial charge in [0.25, 0.3) is 0 Å². The first kappa shape index (κ1) is 18.6. The third-order valence-electron chi connectivity index (χ3n) is 4.58. The van der Waals surface area contributed by atoms with E-state index in [1.54, 1.807) is 36.4 Å². The number of hydrogen-bond donors (Lipinski definition) is 2. The van der Waals surface area contributed by atoms with Crippen molar-refractivity contribution in [3.8, 4) is 11.5 Å². The molecule has 0 saturated carbocycles. The zero-order chi connectivity index (χ0) is 18.6. The number of nitrogen functional groups attached to an aromatic ring is 1. The molecule has 0 spiro atoms. The molecular weight excluding hydrogens is 314 g/mol. The molecule has 0 fully saturated rings. The van der Waals surface area contributed by atoms with Gasteiger partial charge in [0, 0.05) is 16.8 Å². The van der Waals surface area contributed by atoms with Crippen LogP contribution in [-0.4, -0.2) is 18.0 Å². The van der Waals surface area contributed by atoms with Gasteiger partial charge in [0.2, 0.25) is 0 Å². The second kappa shape index (κ2) is 7.43. The highest BCUT2D eigenvalue weighted by atomic mass is 16.5. The molecule has 25 heavy (non-hydrogen) atoms. The van der Waals surface area contributed by atoms with Crippen molar-refractivity contribution < 1.29 is 14.6 Å². The fourth-order valence-electron chi connectivity index (χ4n) is 2.49. The first-order valence-electron chi connectivity index (χ1n) is 8.28. The molecule has 2 aromatic rings. The maximum Gasteiger partial charge on any atom is 0.185 e. The molecule has 0 radical (unpaired) electrons. The van der Waals surface area contributed by atoms with E-state index in [4.69, 9.17) is 10.5 Å². The van der Waals surface area contributed by atoms with Gasteiger partial charge in [0.1, 0.15) is 0 Å². The molecule has 0 unspecified atom stereocenters. The summed E-state index contributed by atoms with van der Waals surface area (Å²) in [7, 11) is 1.50. The third kappa shape index (κ3) is 4.21. The molecular formula is C21H25NO3. The Morgan fingerprint density at radius 1 is 1.24 bits per heavy atom. The molecule has 0 bridgehead atoms. The number of phenols is 1. The monoisotopic (exact) mass is 339 g/mol. The molecule has 3 N–H and O–H groups in total. The lowest BCUT2D eigenvalue weighted by Gasteiger charge is -2.24. The van der Waals surface area contributed by atoms with Crippen LogP contribution in [0.15, 0.2) is 42.5 Å². The molecule has 4 heteroatoms. The maximum atomic E-state index is 12.3. The number of rotatable bonds is 6. The van der Waals surface area contributed by atoms with Crippen molar-refractivity contribution in [3.05, 3.63) is 59.2 Å². The summed E-state index contributed by atoms with van der Waals surface area (Å²) in [5.74, 6) is 0.291. The lowest BCUT2D eigenvalue weighted by molar-refractivity contribution is 0.104. The van der Waals surface area contributed by atoms with E-state index in [1.165, 1.54) is 13.2 Å². The Labute approximate surface area is 148 Å². The second-order valence-electron chi connectivity index (χ2n) is 6.67. The molecule has 2 aromatic carbocycles. The smallest absolute Gasteiger partial charge is 0.185 e. The lowest BCUT2D eigenvalue weighted by atomic mass is 9.81. The number of phenolic OH excluding ortho intramolecular Hbond substituents is 1. The third-order valence-corrected chi connectivity index (χ3v) is 4.58. The van der Waals surface area contributed by atoms with E-state index in [0.717, 1.165) is 12.0 Å². The van der Waals surface area contributed by atoms with E-state index >= 15 is 0 Å². The second-order valence-corrected chi connectivity index (χ2v) is 6.67. The number of anilines is 1. The fourth-order valence-corrected chi connectivity index (χ4v) is 2.49. The molecule has 0 aromatic heterocycles. The molecule has 0 aliphatic carbocycles. The standard InChI is InChI=1S/C21H25NO3/c1-5-21(2,3)16-12-15(20(25-4)19(24)13-16)8-11-18(23)14-6-9-17(22)10-7-14/h6-13,24H,5,22H2,1-4H3. The Morgan fingerprint density at radius 3 is 2.44 bits per heavy atom. The van der Waals surface area contributed by atoms with Crippen LogP contribution in [0.3, 0.4) is 0 Å². The van der Waals surface area contributed by atoms with Gasteiger partial charge in [-0.15, -0.1) is 0 Å². The molecule has 0 atom stereocenters. The molecule has 0 saturated heterocycles. The van der Waals surface area contributed by atoms with Gasteiger partial charge in [-0.25, -0.2) is 0 Å². The van der Waals surface area contributed by atoms with Gasteiger partial charge in [-0.3, -0.25) is 4.79 Å². The van der Waals surface area contributed by atoms with Crippen LogP contribution < -0.4 is 10.5 Å². The maximum absolute atomic E-state index is 12.3. The van der Waals surface area contributed by atoms with Crippen molar-refractivity contribution in [1.82, 2.24) is 0 Å². The Morgan fingerprint density at radius 2 is 1.88 bits per heavy atom. The van der Waals surface area contributed by atoms with Gasteiger partial charge in [-0.05, 0) is 65.9 Å². The Bertz CT molecular complexity index is 790. The molecule has 132 valence electrons. The van der Waals surface area contributed by atoms with Crippen LogP contribution in [0.4, 0.5) is 5.69 Å². The van der Waals surface area contributed by atoms with Crippen LogP contribution in [0.5, 0.6) is 11.5 Å². The van der Waals surface area contributed by atoms with Gasteiger partial charge in [0.15, 0.2) is 17.3 Å². The SMILES string of the molecule is CCC(C)(C)c1cc(O)c(OC)c(C=CC(=O)c2ccc(N)cc2)c1. The Balaban J connectivity index is 2.40. The Kier molecular flexibility index (Phi) is 5.52. The van der Waals surface area contributed by atoms with Gasteiger partial charge in [-0.2, -0.15) is 0 Å². The lowest BCUT2D eigenvalue weighted by Crippen LogP contribution is -2.15. The minimum atomic E-state index is -0.137. The summed E-state index contributed by atoms with van der Waals surface area (Å²) >= 11 is 0. The average molecular weight is 339 g/mol. The van der Waals surface area contributed by atoms with E-state index < -0.39 is 0 Å². The van der Waals surface area contributed by atoms with E-state index in [2.05, 4.69) is 20.8 Å². The summed E-state index contributed by atoms with van der Waals surface area (Å²) < 4.78 is 5.30. The van der Waals surface area contributed by atoms with Crippen LogP contribution in [0, 0.1) is 0 Å². The number of ketones is 1. The minimum absolute atomic E-state index is 0.0705. The first-order valence-corrected chi connectivity index (χ1v) is 8.28. The summed E-state index contributed by atoms with van der Waals surface area (Å²) in [6, 6.07) is 10.4. The van der Waals surface area contributed by atoms with Gasteiger partial charge in [-0.1, -0.05) is 20.8 Å². The predicted octanol–water partition coefficient (Wildman–Crippen LogP) is 4.57. The van der Waals surface area contributed by atoms with E-state index in [-0.39, 0.29) is 16.9 Å². The summed E-state index contributed by atoms with van der Waals surface area (Å²) in [6.45, 7) is 6.32. The molecule has 4 nitrogen and oxygen atoms in total. The average Bonchev–Trinajstić information content (AvgIpc) is 2.59. The van der Waals surface area contributed by atoms with Crippen LogP contribution >= 0.6 is 0 Å². The highest BCUT2D eigenvalue weighted by Crippen LogP contribution is 2.38. The molecule has 0 aliphatic rings. The highest BCUT2D eigenvalue weighted by molar-refractivity contribution is 6.07. The minimum Gasteiger partial charge on any atom is -0.504 e. The van der Waals surface area contributed by atoms with Crippen molar-refractivity contribution in [2.45, 2.75) is 32.6 Å². The summed E-state index contributed by atoms with van der Waals surface area (Å²) in [5, 5.41) is 10.3. The number of ether oxygens (including phenoxy) is 1.